The van der Waals surface area contributed by atoms with Crippen molar-refractivity contribution in [1.29, 1.82) is 0 Å². The second-order valence-corrected chi connectivity index (χ2v) is 4.57. The minimum absolute atomic E-state index is 0.992. The van der Waals surface area contributed by atoms with Crippen molar-refractivity contribution in [3.63, 3.8) is 0 Å². The van der Waals surface area contributed by atoms with Gasteiger partial charge in [-0.05, 0) is 13.0 Å². The number of pyridine rings is 1. The molecule has 0 aliphatic carbocycles. The van der Waals surface area contributed by atoms with Crippen LogP contribution in [0.4, 0.5) is 0 Å². The SMILES string of the molecule is Cc1c(-c2ccc(-c3ccccc3)nc2)cnn1C. The van der Waals surface area contributed by atoms with E-state index < -0.39 is 0 Å². The van der Waals surface area contributed by atoms with E-state index in [4.69, 9.17) is 0 Å². The van der Waals surface area contributed by atoms with E-state index in [9.17, 15) is 0 Å². The number of hydrogen-bond donors (Lipinski definition) is 0. The molecule has 0 radical (unpaired) electrons. The maximum Gasteiger partial charge on any atom is 0.0702 e. The lowest BCUT2D eigenvalue weighted by atomic mass is 10.1. The van der Waals surface area contributed by atoms with Gasteiger partial charge in [0.2, 0.25) is 0 Å². The molecule has 3 nitrogen and oxygen atoms in total. The normalized spacial score (nSPS) is 10.6. The Bertz CT molecular complexity index is 682. The third-order valence-electron chi connectivity index (χ3n) is 3.38. The second-order valence-electron chi connectivity index (χ2n) is 4.57. The average molecular weight is 249 g/mol. The highest BCUT2D eigenvalue weighted by atomic mass is 15.3. The summed E-state index contributed by atoms with van der Waals surface area (Å²) < 4.78 is 1.88. The molecule has 0 atom stereocenters. The fraction of sp³-hybridized carbons (Fsp3) is 0.125. The van der Waals surface area contributed by atoms with Gasteiger partial charge in [-0.15, -0.1) is 0 Å². The monoisotopic (exact) mass is 249 g/mol. The van der Waals surface area contributed by atoms with Crippen LogP contribution in [0.3, 0.4) is 0 Å². The van der Waals surface area contributed by atoms with Crippen LogP contribution in [0.2, 0.25) is 0 Å². The third kappa shape index (κ3) is 2.15. The smallest absolute Gasteiger partial charge is 0.0702 e. The molecule has 3 aromatic rings. The van der Waals surface area contributed by atoms with Crippen molar-refractivity contribution >= 4 is 0 Å². The van der Waals surface area contributed by atoms with Gasteiger partial charge in [-0.1, -0.05) is 36.4 Å². The lowest BCUT2D eigenvalue weighted by Gasteiger charge is -2.03. The maximum atomic E-state index is 4.54. The minimum Gasteiger partial charge on any atom is -0.272 e. The van der Waals surface area contributed by atoms with E-state index >= 15 is 0 Å². The lowest BCUT2D eigenvalue weighted by molar-refractivity contribution is 0.740. The minimum atomic E-state index is 0.992. The average Bonchev–Trinajstić information content (AvgIpc) is 2.80. The van der Waals surface area contributed by atoms with E-state index in [2.05, 4.69) is 41.3 Å². The van der Waals surface area contributed by atoms with Crippen molar-refractivity contribution in [3.8, 4) is 22.4 Å². The molecule has 0 bridgehead atoms. The van der Waals surface area contributed by atoms with Crippen LogP contribution < -0.4 is 0 Å². The van der Waals surface area contributed by atoms with E-state index in [-0.39, 0.29) is 0 Å². The fourth-order valence-corrected chi connectivity index (χ4v) is 2.11. The summed E-state index contributed by atoms with van der Waals surface area (Å²) in [5.74, 6) is 0. The van der Waals surface area contributed by atoms with Crippen LogP contribution >= 0.6 is 0 Å². The summed E-state index contributed by atoms with van der Waals surface area (Å²) in [6, 6.07) is 14.3. The van der Waals surface area contributed by atoms with Crippen molar-refractivity contribution in [1.82, 2.24) is 14.8 Å². The summed E-state index contributed by atoms with van der Waals surface area (Å²) in [6.07, 6.45) is 3.79. The van der Waals surface area contributed by atoms with Crippen molar-refractivity contribution in [2.45, 2.75) is 6.92 Å². The van der Waals surface area contributed by atoms with Crippen LogP contribution in [0.15, 0.2) is 54.9 Å². The molecule has 1 aromatic carbocycles. The van der Waals surface area contributed by atoms with Gasteiger partial charge in [-0.3, -0.25) is 9.67 Å². The zero-order valence-electron chi connectivity index (χ0n) is 11.0. The summed E-state index contributed by atoms with van der Waals surface area (Å²) in [4.78, 5) is 4.54. The number of hydrogen-bond acceptors (Lipinski definition) is 2. The Balaban J connectivity index is 1.98. The zero-order chi connectivity index (χ0) is 13.2. The highest BCUT2D eigenvalue weighted by Gasteiger charge is 2.07. The summed E-state index contributed by atoms with van der Waals surface area (Å²) in [6.45, 7) is 2.06. The van der Waals surface area contributed by atoms with Crippen LogP contribution in [0.5, 0.6) is 0 Å². The van der Waals surface area contributed by atoms with Crippen LogP contribution in [0, 0.1) is 6.92 Å². The van der Waals surface area contributed by atoms with Gasteiger partial charge in [-0.25, -0.2) is 0 Å². The number of aromatic nitrogens is 3. The van der Waals surface area contributed by atoms with Crippen molar-refractivity contribution in [2.75, 3.05) is 0 Å². The first-order chi connectivity index (χ1) is 9.25. The fourth-order valence-electron chi connectivity index (χ4n) is 2.11. The van der Waals surface area contributed by atoms with Gasteiger partial charge < -0.3 is 0 Å². The van der Waals surface area contributed by atoms with Gasteiger partial charge in [0.05, 0.1) is 11.9 Å². The Morgan fingerprint density at radius 3 is 2.26 bits per heavy atom. The Kier molecular flexibility index (Phi) is 2.88. The number of benzene rings is 1. The first-order valence-corrected chi connectivity index (χ1v) is 6.26. The molecule has 0 spiro atoms. The molecule has 3 rings (SSSR count). The van der Waals surface area contributed by atoms with E-state index in [0.717, 1.165) is 28.1 Å². The van der Waals surface area contributed by atoms with Crippen molar-refractivity contribution in [3.05, 3.63) is 60.6 Å². The molecular formula is C16H15N3. The molecule has 0 N–H and O–H groups in total. The summed E-state index contributed by atoms with van der Waals surface area (Å²) in [5, 5.41) is 4.26. The highest BCUT2D eigenvalue weighted by Crippen LogP contribution is 2.24. The van der Waals surface area contributed by atoms with Gasteiger partial charge in [0.25, 0.3) is 0 Å². The van der Waals surface area contributed by atoms with Crippen LogP contribution in [0.25, 0.3) is 22.4 Å². The van der Waals surface area contributed by atoms with Crippen LogP contribution in [0.1, 0.15) is 5.69 Å². The summed E-state index contributed by atoms with van der Waals surface area (Å²) in [5.41, 5.74) is 5.51. The Labute approximate surface area is 112 Å². The van der Waals surface area contributed by atoms with Gasteiger partial charge in [0, 0.05) is 35.6 Å². The number of aryl methyl sites for hydroxylation is 1. The number of rotatable bonds is 2. The van der Waals surface area contributed by atoms with Crippen molar-refractivity contribution < 1.29 is 0 Å². The first kappa shape index (κ1) is 11.7. The molecule has 2 aromatic heterocycles. The predicted molar refractivity (Wildman–Crippen MR) is 76.6 cm³/mol. The standard InChI is InChI=1S/C16H15N3/c1-12-15(11-18-19(12)2)14-8-9-16(17-10-14)13-6-4-3-5-7-13/h3-11H,1-2H3. The molecule has 3 heteroatoms. The Morgan fingerprint density at radius 1 is 0.895 bits per heavy atom. The van der Waals surface area contributed by atoms with Crippen LogP contribution in [-0.4, -0.2) is 14.8 Å². The van der Waals surface area contributed by atoms with E-state index in [1.54, 1.807) is 0 Å². The van der Waals surface area contributed by atoms with Crippen LogP contribution in [-0.2, 0) is 7.05 Å². The molecular weight excluding hydrogens is 234 g/mol. The largest absolute Gasteiger partial charge is 0.272 e. The molecule has 0 saturated carbocycles. The van der Waals surface area contributed by atoms with Crippen molar-refractivity contribution in [2.24, 2.45) is 7.05 Å². The van der Waals surface area contributed by atoms with Gasteiger partial charge in [-0.2, -0.15) is 5.10 Å². The molecule has 0 amide bonds. The van der Waals surface area contributed by atoms with Gasteiger partial charge >= 0.3 is 0 Å². The van der Waals surface area contributed by atoms with Gasteiger partial charge in [0.1, 0.15) is 0 Å². The molecule has 19 heavy (non-hydrogen) atoms. The molecule has 0 aliphatic rings. The highest BCUT2D eigenvalue weighted by molar-refractivity contribution is 5.67. The molecule has 2 heterocycles. The zero-order valence-corrected chi connectivity index (χ0v) is 11.0. The second kappa shape index (κ2) is 4.69. The molecule has 94 valence electrons. The summed E-state index contributed by atoms with van der Waals surface area (Å²) >= 11 is 0. The summed E-state index contributed by atoms with van der Waals surface area (Å²) in [7, 11) is 1.95. The molecule has 0 aliphatic heterocycles. The topological polar surface area (TPSA) is 30.7 Å². The quantitative estimate of drug-likeness (QED) is 0.696. The molecule has 0 saturated heterocycles. The predicted octanol–water partition coefficient (Wildman–Crippen LogP) is 3.46. The first-order valence-electron chi connectivity index (χ1n) is 6.26. The number of nitrogens with zero attached hydrogens (tertiary/aromatic N) is 3. The van der Waals surface area contributed by atoms with Gasteiger partial charge in [0.15, 0.2) is 0 Å². The maximum absolute atomic E-state index is 4.54. The third-order valence-corrected chi connectivity index (χ3v) is 3.38. The van der Waals surface area contributed by atoms with E-state index in [1.807, 2.05) is 42.3 Å². The van der Waals surface area contributed by atoms with E-state index in [0.29, 0.717) is 0 Å². The van der Waals surface area contributed by atoms with E-state index in [1.165, 1.54) is 0 Å². The molecule has 0 unspecified atom stereocenters. The Hall–Kier alpha value is -2.42. The molecule has 0 fully saturated rings. The Morgan fingerprint density at radius 2 is 1.68 bits per heavy atom. The lowest BCUT2D eigenvalue weighted by Crippen LogP contribution is -1.92.